The van der Waals surface area contributed by atoms with Gasteiger partial charge in [0.2, 0.25) is 11.6 Å². The van der Waals surface area contributed by atoms with E-state index in [1.165, 1.54) is 25.4 Å². The number of nitrogens with one attached hydrogen (secondary N) is 1. The van der Waals surface area contributed by atoms with E-state index in [-0.39, 0.29) is 17.3 Å². The zero-order chi connectivity index (χ0) is 17.9. The molecule has 1 heterocycles. The largest absolute Gasteiger partial charge is 0.495 e. The minimum absolute atomic E-state index is 0.0261. The van der Waals surface area contributed by atoms with Gasteiger partial charge in [-0.3, -0.25) is 10.1 Å². The van der Waals surface area contributed by atoms with Crippen molar-refractivity contribution < 1.29 is 14.4 Å². The van der Waals surface area contributed by atoms with E-state index < -0.39 is 4.92 Å². The van der Waals surface area contributed by atoms with E-state index in [0.717, 1.165) is 0 Å². The van der Waals surface area contributed by atoms with Crippen molar-refractivity contribution in [3.05, 3.63) is 33.6 Å². The zero-order valence-electron chi connectivity index (χ0n) is 13.5. The molecular weight excluding hydrogens is 338 g/mol. The molecule has 0 spiro atoms. The third-order valence-electron chi connectivity index (χ3n) is 3.14. The van der Waals surface area contributed by atoms with Crippen molar-refractivity contribution in [3.8, 4) is 11.5 Å². The SMILES string of the molecule is COc1cc(OC)c(Nc2ncnc(N(C)C)c2[N+](=O)[O-])cc1Cl. The molecule has 0 aliphatic rings. The van der Waals surface area contributed by atoms with Crippen molar-refractivity contribution in [2.24, 2.45) is 0 Å². The van der Waals surface area contributed by atoms with Crippen molar-refractivity contribution in [3.63, 3.8) is 0 Å². The van der Waals surface area contributed by atoms with Crippen molar-refractivity contribution in [1.82, 2.24) is 9.97 Å². The molecule has 10 heteroatoms. The smallest absolute Gasteiger partial charge is 0.353 e. The second-order valence-corrected chi connectivity index (χ2v) is 5.27. The standard InChI is InChI=1S/C14H16ClN5O4/c1-19(2)14-12(20(21)22)13(16-7-17-14)18-9-5-8(15)10(23-3)6-11(9)24-4/h5-7H,1-4H3,(H,16,17,18). The summed E-state index contributed by atoms with van der Waals surface area (Å²) in [4.78, 5) is 20.3. The van der Waals surface area contributed by atoms with Crippen LogP contribution in [0.25, 0.3) is 0 Å². The Morgan fingerprint density at radius 3 is 2.42 bits per heavy atom. The first kappa shape index (κ1) is 17.5. The van der Waals surface area contributed by atoms with E-state index in [2.05, 4.69) is 15.3 Å². The fraction of sp³-hybridized carbons (Fsp3) is 0.286. The van der Waals surface area contributed by atoms with Gasteiger partial charge in [-0.25, -0.2) is 9.97 Å². The molecule has 1 aromatic heterocycles. The van der Waals surface area contributed by atoms with Crippen LogP contribution in [0.5, 0.6) is 11.5 Å². The number of benzene rings is 1. The fourth-order valence-electron chi connectivity index (χ4n) is 2.04. The molecule has 0 aliphatic heterocycles. The molecule has 0 amide bonds. The highest BCUT2D eigenvalue weighted by molar-refractivity contribution is 6.32. The topological polar surface area (TPSA) is 103 Å². The van der Waals surface area contributed by atoms with Gasteiger partial charge in [0.15, 0.2) is 0 Å². The van der Waals surface area contributed by atoms with Crippen LogP contribution in [0.4, 0.5) is 23.0 Å². The van der Waals surface area contributed by atoms with Crippen LogP contribution < -0.4 is 19.7 Å². The number of methoxy groups -OCH3 is 2. The van der Waals surface area contributed by atoms with Gasteiger partial charge in [-0.05, 0) is 6.07 Å². The quantitative estimate of drug-likeness (QED) is 0.624. The molecule has 0 bridgehead atoms. The number of aromatic nitrogens is 2. The summed E-state index contributed by atoms with van der Waals surface area (Å²) in [5, 5.41) is 14.6. The normalized spacial score (nSPS) is 10.2. The zero-order valence-corrected chi connectivity index (χ0v) is 14.3. The van der Waals surface area contributed by atoms with Gasteiger partial charge in [0, 0.05) is 20.2 Å². The molecule has 0 atom stereocenters. The van der Waals surface area contributed by atoms with Crippen molar-refractivity contribution in [2.45, 2.75) is 0 Å². The van der Waals surface area contributed by atoms with E-state index in [9.17, 15) is 10.1 Å². The molecule has 0 radical (unpaired) electrons. The molecule has 0 aliphatic carbocycles. The van der Waals surface area contributed by atoms with Crippen molar-refractivity contribution in [1.29, 1.82) is 0 Å². The van der Waals surface area contributed by atoms with Crippen molar-refractivity contribution >= 4 is 34.6 Å². The van der Waals surface area contributed by atoms with E-state index in [1.54, 1.807) is 26.2 Å². The summed E-state index contributed by atoms with van der Waals surface area (Å²) in [5.41, 5.74) is 0.159. The number of anilines is 3. The van der Waals surface area contributed by atoms with Gasteiger partial charge in [-0.1, -0.05) is 11.6 Å². The van der Waals surface area contributed by atoms with Gasteiger partial charge < -0.3 is 19.7 Å². The lowest BCUT2D eigenvalue weighted by atomic mass is 10.2. The maximum absolute atomic E-state index is 11.4. The highest BCUT2D eigenvalue weighted by Gasteiger charge is 2.25. The van der Waals surface area contributed by atoms with Crippen LogP contribution in [0.1, 0.15) is 0 Å². The third-order valence-corrected chi connectivity index (χ3v) is 3.43. The molecule has 0 fully saturated rings. The Labute approximate surface area is 143 Å². The molecular formula is C14H16ClN5O4. The van der Waals surface area contributed by atoms with Crippen LogP contribution in [0, 0.1) is 10.1 Å². The number of nitro groups is 1. The average molecular weight is 354 g/mol. The Balaban J connectivity index is 2.54. The molecule has 1 N–H and O–H groups in total. The summed E-state index contributed by atoms with van der Waals surface area (Å²) in [6.07, 6.45) is 1.24. The van der Waals surface area contributed by atoms with Gasteiger partial charge in [0.1, 0.15) is 17.8 Å². The number of ether oxygens (including phenoxy) is 2. The minimum atomic E-state index is -0.546. The molecule has 128 valence electrons. The third kappa shape index (κ3) is 3.40. The van der Waals surface area contributed by atoms with Crippen LogP contribution in [0.2, 0.25) is 5.02 Å². The van der Waals surface area contributed by atoms with Gasteiger partial charge >= 0.3 is 5.69 Å². The summed E-state index contributed by atoms with van der Waals surface area (Å²) in [7, 11) is 6.26. The second kappa shape index (κ2) is 7.18. The summed E-state index contributed by atoms with van der Waals surface area (Å²) < 4.78 is 10.4. The van der Waals surface area contributed by atoms with Gasteiger partial charge in [-0.15, -0.1) is 0 Å². The van der Waals surface area contributed by atoms with Gasteiger partial charge in [-0.2, -0.15) is 0 Å². The first-order chi connectivity index (χ1) is 11.4. The average Bonchev–Trinajstić information content (AvgIpc) is 2.54. The molecule has 2 rings (SSSR count). The predicted octanol–water partition coefficient (Wildman–Crippen LogP) is 2.87. The Kier molecular flexibility index (Phi) is 5.24. The van der Waals surface area contributed by atoms with Gasteiger partial charge in [0.25, 0.3) is 0 Å². The highest BCUT2D eigenvalue weighted by atomic mass is 35.5. The predicted molar refractivity (Wildman–Crippen MR) is 90.9 cm³/mol. The Hall–Kier alpha value is -2.81. The lowest BCUT2D eigenvalue weighted by Gasteiger charge is -2.15. The number of nitrogens with zero attached hydrogens (tertiary/aromatic N) is 4. The van der Waals surface area contributed by atoms with Crippen LogP contribution >= 0.6 is 11.6 Å². The van der Waals surface area contributed by atoms with E-state index >= 15 is 0 Å². The van der Waals surface area contributed by atoms with Crippen LogP contribution in [-0.4, -0.2) is 43.2 Å². The Morgan fingerprint density at radius 2 is 1.88 bits per heavy atom. The maximum Gasteiger partial charge on any atom is 0.353 e. The monoisotopic (exact) mass is 353 g/mol. The second-order valence-electron chi connectivity index (χ2n) is 4.86. The Morgan fingerprint density at radius 1 is 1.21 bits per heavy atom. The first-order valence-corrected chi connectivity index (χ1v) is 7.12. The summed E-state index contributed by atoms with van der Waals surface area (Å²) in [6.45, 7) is 0. The highest BCUT2D eigenvalue weighted by Crippen LogP contribution is 2.39. The molecule has 9 nitrogen and oxygen atoms in total. The number of hydrogen-bond donors (Lipinski definition) is 1. The summed E-state index contributed by atoms with van der Waals surface area (Å²) >= 11 is 6.11. The number of rotatable bonds is 6. The molecule has 24 heavy (non-hydrogen) atoms. The summed E-state index contributed by atoms with van der Waals surface area (Å²) in [5.74, 6) is 1.02. The van der Waals surface area contributed by atoms with E-state index in [0.29, 0.717) is 22.2 Å². The molecule has 0 saturated carbocycles. The Bertz CT molecular complexity index is 769. The van der Waals surface area contributed by atoms with Crippen LogP contribution in [-0.2, 0) is 0 Å². The lowest BCUT2D eigenvalue weighted by Crippen LogP contribution is -2.14. The van der Waals surface area contributed by atoms with E-state index in [1.807, 2.05) is 0 Å². The lowest BCUT2D eigenvalue weighted by molar-refractivity contribution is -0.383. The first-order valence-electron chi connectivity index (χ1n) is 6.74. The number of hydrogen-bond acceptors (Lipinski definition) is 8. The molecule has 2 aromatic rings. The fourth-order valence-corrected chi connectivity index (χ4v) is 2.28. The van der Waals surface area contributed by atoms with Gasteiger partial charge in [0.05, 0.1) is 29.9 Å². The maximum atomic E-state index is 11.4. The molecule has 1 aromatic carbocycles. The molecule has 0 saturated heterocycles. The van der Waals surface area contributed by atoms with E-state index in [4.69, 9.17) is 21.1 Å². The van der Waals surface area contributed by atoms with Crippen LogP contribution in [0.3, 0.4) is 0 Å². The molecule has 0 unspecified atom stereocenters. The number of halogens is 1. The minimum Gasteiger partial charge on any atom is -0.495 e. The van der Waals surface area contributed by atoms with Crippen molar-refractivity contribution in [2.75, 3.05) is 38.5 Å². The summed E-state index contributed by atoms with van der Waals surface area (Å²) in [6, 6.07) is 3.12. The van der Waals surface area contributed by atoms with Crippen LogP contribution in [0.15, 0.2) is 18.5 Å².